The van der Waals surface area contributed by atoms with E-state index in [2.05, 4.69) is 0 Å². The minimum Gasteiger partial charge on any atom is -0.489 e. The maximum atomic E-state index is 14.0. The van der Waals surface area contributed by atoms with E-state index in [0.29, 0.717) is 60.7 Å². The Kier molecular flexibility index (Phi) is 13.6. The van der Waals surface area contributed by atoms with Gasteiger partial charge < -0.3 is 23.7 Å². The molecule has 0 N–H and O–H groups in total. The number of benzene rings is 6. The second-order valence-electron chi connectivity index (χ2n) is 13.4. The Hall–Kier alpha value is -5.57. The molecule has 6 aromatic carbocycles. The maximum Gasteiger partial charge on any atom is 0.475 e. The van der Waals surface area contributed by atoms with Crippen LogP contribution in [0.4, 0.5) is 0 Å². The Morgan fingerprint density at radius 2 is 1.02 bits per heavy atom. The largest absolute Gasteiger partial charge is 0.489 e. The van der Waals surface area contributed by atoms with Gasteiger partial charge in [0, 0.05) is 24.1 Å². The molecule has 0 aromatic heterocycles. The minimum atomic E-state index is -4.01. The molecule has 1 aliphatic heterocycles. The van der Waals surface area contributed by atoms with Gasteiger partial charge in [0.2, 0.25) is 0 Å². The molecule has 9 nitrogen and oxygen atoms in total. The third-order valence-electron chi connectivity index (χ3n) is 9.23. The fourth-order valence-corrected chi connectivity index (χ4v) is 7.82. The molecule has 57 heavy (non-hydrogen) atoms. The second-order valence-corrected chi connectivity index (χ2v) is 15.0. The zero-order chi connectivity index (χ0) is 39.3. The van der Waals surface area contributed by atoms with Crippen LogP contribution in [-0.4, -0.2) is 19.3 Å². The molecule has 0 aliphatic carbocycles. The average Bonchev–Trinajstić information content (AvgIpc) is 3.25. The molecular weight excluding hydrogens is 739 g/mol. The Labute approximate surface area is 334 Å². The van der Waals surface area contributed by atoms with Crippen molar-refractivity contribution >= 4 is 7.82 Å². The Balaban J connectivity index is 1.26. The van der Waals surface area contributed by atoms with Crippen LogP contribution in [0.15, 0.2) is 152 Å². The molecule has 0 bridgehead atoms. The van der Waals surface area contributed by atoms with Crippen LogP contribution < -0.4 is 23.7 Å². The van der Waals surface area contributed by atoms with E-state index >= 15 is 0 Å². The van der Waals surface area contributed by atoms with E-state index in [-0.39, 0.29) is 19.6 Å². The lowest BCUT2D eigenvalue weighted by molar-refractivity contribution is 0.00265. The molecule has 0 saturated heterocycles. The molecular formula is C47H47O9P. The Bertz CT molecular complexity index is 2190. The van der Waals surface area contributed by atoms with Crippen molar-refractivity contribution < 1.29 is 41.8 Å². The van der Waals surface area contributed by atoms with Crippen molar-refractivity contribution in [1.82, 2.24) is 0 Å². The van der Waals surface area contributed by atoms with Crippen LogP contribution >= 0.6 is 7.82 Å². The van der Waals surface area contributed by atoms with E-state index in [9.17, 15) is 4.57 Å². The first-order valence-corrected chi connectivity index (χ1v) is 20.7. The number of ether oxygens (including phenoxy) is 5. The fourth-order valence-electron chi connectivity index (χ4n) is 6.47. The first kappa shape index (κ1) is 39.7. The van der Waals surface area contributed by atoms with Crippen molar-refractivity contribution in [1.29, 1.82) is 0 Å². The van der Waals surface area contributed by atoms with Gasteiger partial charge in [-0.3, -0.25) is 13.6 Å². The molecule has 2 atom stereocenters. The van der Waals surface area contributed by atoms with Gasteiger partial charge in [-0.1, -0.05) is 127 Å². The molecule has 0 saturated carbocycles. The molecule has 0 fully saturated rings. The lowest BCUT2D eigenvalue weighted by atomic mass is 9.93. The third kappa shape index (κ3) is 10.8. The molecule has 6 aromatic rings. The lowest BCUT2D eigenvalue weighted by Crippen LogP contribution is -2.33. The lowest BCUT2D eigenvalue weighted by Gasteiger charge is -2.36. The minimum absolute atomic E-state index is 0.130. The van der Waals surface area contributed by atoms with Crippen molar-refractivity contribution in [3.05, 3.63) is 185 Å². The smallest absolute Gasteiger partial charge is 0.475 e. The molecule has 7 rings (SSSR count). The molecule has 0 amide bonds. The van der Waals surface area contributed by atoms with E-state index in [1.807, 2.05) is 152 Å². The fraction of sp³-hybridized carbons (Fsp3) is 0.234. The van der Waals surface area contributed by atoms with Crippen LogP contribution in [0.1, 0.15) is 53.3 Å². The zero-order valence-corrected chi connectivity index (χ0v) is 33.1. The SMILES string of the molecule is CCOP(=O)(OCC)O[C@H]1Cc2c(OCc3ccccc3)cc(OCc3ccccc3)cc2OC1c1ccc(OCc2ccccc2)c(OCc2ccccc2)c1. The summed E-state index contributed by atoms with van der Waals surface area (Å²) in [5.41, 5.74) is 5.49. The molecule has 1 aliphatic rings. The van der Waals surface area contributed by atoms with Gasteiger partial charge in [-0.25, -0.2) is 4.57 Å². The number of phosphoric ester groups is 1. The van der Waals surface area contributed by atoms with Gasteiger partial charge in [0.05, 0.1) is 13.2 Å². The normalized spacial score (nSPS) is 14.9. The van der Waals surface area contributed by atoms with Gasteiger partial charge in [-0.15, -0.1) is 0 Å². The molecule has 1 unspecified atom stereocenters. The molecule has 1 heterocycles. The summed E-state index contributed by atoms with van der Waals surface area (Å²) in [5, 5.41) is 0. The highest BCUT2D eigenvalue weighted by Crippen LogP contribution is 2.55. The number of phosphoric acid groups is 1. The van der Waals surface area contributed by atoms with Crippen LogP contribution in [0.3, 0.4) is 0 Å². The predicted molar refractivity (Wildman–Crippen MR) is 219 cm³/mol. The molecule has 294 valence electrons. The van der Waals surface area contributed by atoms with Crippen molar-refractivity contribution in [3.8, 4) is 28.7 Å². The standard InChI is InChI=1S/C47H47O9P/c1-3-53-57(48,54-4-2)56-46-30-41-43(51-33-37-21-13-7-14-22-37)28-40(49-31-35-17-9-5-10-18-35)29-44(41)55-47(46)39-25-26-42(50-32-36-19-11-6-12-20-36)45(27-39)52-34-38-23-15-8-16-24-38/h5-29,46-47H,3-4,30-34H2,1-2H3/t46-,47?/m0/s1. The van der Waals surface area contributed by atoms with Gasteiger partial charge in [0.25, 0.3) is 0 Å². The maximum absolute atomic E-state index is 14.0. The first-order valence-electron chi connectivity index (χ1n) is 19.2. The van der Waals surface area contributed by atoms with Crippen LogP contribution in [0.25, 0.3) is 0 Å². The third-order valence-corrected chi connectivity index (χ3v) is 10.9. The molecule has 0 radical (unpaired) electrons. The topological polar surface area (TPSA) is 90.9 Å². The monoisotopic (exact) mass is 786 g/mol. The van der Waals surface area contributed by atoms with Crippen LogP contribution in [-0.2, 0) is 51.0 Å². The number of hydrogen-bond acceptors (Lipinski definition) is 9. The summed E-state index contributed by atoms with van der Waals surface area (Å²) in [7, 11) is -4.01. The Morgan fingerprint density at radius 3 is 1.53 bits per heavy atom. The summed E-state index contributed by atoms with van der Waals surface area (Å²) >= 11 is 0. The van der Waals surface area contributed by atoms with Gasteiger partial charge >= 0.3 is 7.82 Å². The van der Waals surface area contributed by atoms with Crippen molar-refractivity contribution in [2.24, 2.45) is 0 Å². The van der Waals surface area contributed by atoms with E-state index in [0.717, 1.165) is 27.8 Å². The van der Waals surface area contributed by atoms with Crippen molar-refractivity contribution in [2.75, 3.05) is 13.2 Å². The molecule has 0 spiro atoms. The highest BCUT2D eigenvalue weighted by Gasteiger charge is 2.41. The summed E-state index contributed by atoms with van der Waals surface area (Å²) in [5.74, 6) is 2.77. The highest BCUT2D eigenvalue weighted by atomic mass is 31.2. The van der Waals surface area contributed by atoms with E-state index < -0.39 is 20.0 Å². The summed E-state index contributed by atoms with van der Waals surface area (Å²) in [6.45, 7) is 5.08. The second kappa shape index (κ2) is 19.5. The highest BCUT2D eigenvalue weighted by molar-refractivity contribution is 7.48. The van der Waals surface area contributed by atoms with Gasteiger partial charge in [-0.05, 0) is 53.8 Å². The average molecular weight is 787 g/mol. The molecule has 10 heteroatoms. The predicted octanol–water partition coefficient (Wildman–Crippen LogP) is 11.2. The van der Waals surface area contributed by atoms with E-state index in [4.69, 9.17) is 37.3 Å². The van der Waals surface area contributed by atoms with Crippen LogP contribution in [0.5, 0.6) is 28.7 Å². The van der Waals surface area contributed by atoms with Crippen molar-refractivity contribution in [3.63, 3.8) is 0 Å². The summed E-state index contributed by atoms with van der Waals surface area (Å²) in [6.07, 6.45) is -1.34. The van der Waals surface area contributed by atoms with Crippen LogP contribution in [0.2, 0.25) is 0 Å². The first-order chi connectivity index (χ1) is 28.0. The van der Waals surface area contributed by atoms with Gasteiger partial charge in [-0.2, -0.15) is 0 Å². The zero-order valence-electron chi connectivity index (χ0n) is 32.2. The van der Waals surface area contributed by atoms with Crippen molar-refractivity contribution in [2.45, 2.75) is 58.9 Å². The number of hydrogen-bond donors (Lipinski definition) is 0. The van der Waals surface area contributed by atoms with Crippen LogP contribution in [0, 0.1) is 0 Å². The van der Waals surface area contributed by atoms with Gasteiger partial charge in [0.15, 0.2) is 17.6 Å². The summed E-state index contributed by atoms with van der Waals surface area (Å²) in [4.78, 5) is 0. The number of rotatable bonds is 19. The van der Waals surface area contributed by atoms with E-state index in [1.165, 1.54) is 0 Å². The van der Waals surface area contributed by atoms with Gasteiger partial charge in [0.1, 0.15) is 49.8 Å². The Morgan fingerprint density at radius 1 is 0.544 bits per heavy atom. The summed E-state index contributed by atoms with van der Waals surface area (Å²) < 4.78 is 64.1. The van der Waals surface area contributed by atoms with E-state index in [1.54, 1.807) is 13.8 Å². The quantitative estimate of drug-likeness (QED) is 0.0744. The number of fused-ring (bicyclic) bond motifs is 1. The summed E-state index contributed by atoms with van der Waals surface area (Å²) in [6, 6.07) is 49.2.